The first kappa shape index (κ1) is 18.8. The molecule has 7 heteroatoms. The van der Waals surface area contributed by atoms with Crippen LogP contribution in [-0.4, -0.2) is 26.7 Å². The van der Waals surface area contributed by atoms with E-state index in [-0.39, 0.29) is 11.8 Å². The van der Waals surface area contributed by atoms with Gasteiger partial charge in [-0.1, -0.05) is 35.5 Å². The molecule has 6 nitrogen and oxygen atoms in total. The van der Waals surface area contributed by atoms with Crippen LogP contribution in [0.25, 0.3) is 0 Å². The van der Waals surface area contributed by atoms with Crippen LogP contribution in [0.5, 0.6) is 0 Å². The number of halogens is 1. The number of ketones is 1. The van der Waals surface area contributed by atoms with E-state index in [1.807, 2.05) is 59.8 Å². The normalized spacial score (nSPS) is 15.7. The zero-order valence-electron chi connectivity index (χ0n) is 14.7. The molecule has 0 spiro atoms. The molecule has 2 aromatic rings. The summed E-state index contributed by atoms with van der Waals surface area (Å²) in [4.78, 5) is 24.7. The molecule has 26 heavy (non-hydrogen) atoms. The number of ether oxygens (including phenoxy) is 1. The molecule has 0 N–H and O–H groups in total. The lowest BCUT2D eigenvalue weighted by molar-refractivity contribution is -0.114. The van der Waals surface area contributed by atoms with Crippen molar-refractivity contribution in [2.24, 2.45) is 0 Å². The Morgan fingerprint density at radius 3 is 2.58 bits per heavy atom. The Kier molecular flexibility index (Phi) is 5.85. The molecule has 0 radical (unpaired) electrons. The number of hydrogen-bond acceptors (Lipinski definition) is 5. The number of rotatable bonds is 5. The smallest absolute Gasteiger partial charge is 0.364 e. The first-order valence-corrected chi connectivity index (χ1v) is 9.67. The Morgan fingerprint density at radius 1 is 1.19 bits per heavy atom. The van der Waals surface area contributed by atoms with Gasteiger partial charge in [0.05, 0.1) is 6.04 Å². The molecule has 1 aliphatic carbocycles. The molecule has 0 saturated heterocycles. The van der Waals surface area contributed by atoms with E-state index >= 15 is 0 Å². The summed E-state index contributed by atoms with van der Waals surface area (Å²) >= 11 is 1.98. The summed E-state index contributed by atoms with van der Waals surface area (Å²) in [6.07, 6.45) is 3.12. The first-order valence-electron chi connectivity index (χ1n) is 8.59. The van der Waals surface area contributed by atoms with E-state index in [4.69, 9.17) is 4.74 Å². The van der Waals surface area contributed by atoms with Gasteiger partial charge in [-0.2, -0.15) is 0 Å². The Labute approximate surface area is 165 Å². The molecule has 0 bridgehead atoms. The van der Waals surface area contributed by atoms with E-state index in [0.717, 1.165) is 18.4 Å². The maximum absolute atomic E-state index is 12.8. The number of esters is 1. The third-order valence-corrected chi connectivity index (χ3v) is 5.28. The highest BCUT2D eigenvalue weighted by Gasteiger charge is 2.27. The second kappa shape index (κ2) is 8.11. The number of Topliss-reactive ketones (excluding diaryl/α,β-unsaturated/α-hetero) is 1. The molecule has 0 unspecified atom stereocenters. The highest BCUT2D eigenvalue weighted by molar-refractivity contribution is 14.1. The Bertz CT molecular complexity index is 858. The van der Waals surface area contributed by atoms with Crippen molar-refractivity contribution < 1.29 is 14.3 Å². The molecule has 0 aliphatic heterocycles. The van der Waals surface area contributed by atoms with Gasteiger partial charge in [0.15, 0.2) is 15.2 Å². The zero-order valence-corrected chi connectivity index (χ0v) is 16.9. The molecular weight excluding hydrogens is 445 g/mol. The van der Waals surface area contributed by atoms with Crippen molar-refractivity contribution in [2.75, 3.05) is 0 Å². The number of allylic oxidation sites excluding steroid dienone is 2. The van der Waals surface area contributed by atoms with Gasteiger partial charge in [-0.15, -0.1) is 5.10 Å². The minimum Gasteiger partial charge on any atom is -0.426 e. The monoisotopic (exact) mass is 465 g/mol. The number of carbonyl (C=O) groups excluding carboxylic acids is 2. The minimum absolute atomic E-state index is 0.0357. The maximum Gasteiger partial charge on any atom is 0.364 e. The number of hydrogen-bond donors (Lipinski definition) is 0. The van der Waals surface area contributed by atoms with E-state index in [9.17, 15) is 9.59 Å². The van der Waals surface area contributed by atoms with Gasteiger partial charge in [0.25, 0.3) is 0 Å². The molecule has 1 aromatic heterocycles. The van der Waals surface area contributed by atoms with Crippen molar-refractivity contribution >= 4 is 34.3 Å². The van der Waals surface area contributed by atoms with E-state index in [0.29, 0.717) is 33.6 Å². The largest absolute Gasteiger partial charge is 0.426 e. The fraction of sp³-hybridized carbons (Fsp3) is 0.368. The second-order valence-corrected chi connectivity index (χ2v) is 7.34. The van der Waals surface area contributed by atoms with Gasteiger partial charge in [0.1, 0.15) is 5.76 Å². The molecule has 0 saturated carbocycles. The Morgan fingerprint density at radius 2 is 1.88 bits per heavy atom. The molecule has 1 heterocycles. The van der Waals surface area contributed by atoms with Crippen LogP contribution in [0.3, 0.4) is 0 Å². The Balaban J connectivity index is 1.91. The van der Waals surface area contributed by atoms with Crippen LogP contribution in [0.2, 0.25) is 0 Å². The van der Waals surface area contributed by atoms with Crippen molar-refractivity contribution in [3.8, 4) is 0 Å². The summed E-state index contributed by atoms with van der Waals surface area (Å²) in [5, 5.41) is 8.18. The molecule has 0 amide bonds. The summed E-state index contributed by atoms with van der Waals surface area (Å²) in [6, 6.07) is 9.62. The van der Waals surface area contributed by atoms with Crippen LogP contribution in [0.15, 0.2) is 41.7 Å². The molecule has 136 valence electrons. The SMILES string of the molecule is CC(=O)C1=C(OC(=O)c2c(I)nnn2[C@H](C)c2ccccc2)CCCC1. The van der Waals surface area contributed by atoms with Gasteiger partial charge in [0, 0.05) is 12.0 Å². The van der Waals surface area contributed by atoms with Crippen molar-refractivity contribution in [1.82, 2.24) is 15.0 Å². The molecule has 1 aromatic carbocycles. The lowest BCUT2D eigenvalue weighted by atomic mass is 9.95. The Hall–Kier alpha value is -2.03. The fourth-order valence-electron chi connectivity index (χ4n) is 3.12. The van der Waals surface area contributed by atoms with Crippen LogP contribution >= 0.6 is 22.6 Å². The van der Waals surface area contributed by atoms with Gasteiger partial charge in [-0.25, -0.2) is 9.48 Å². The standard InChI is InChI=1S/C19H20IN3O3/c1-12(14-8-4-3-5-9-14)23-17(18(20)21-22-23)19(25)26-16-11-7-6-10-15(16)13(2)24/h3-5,8-9,12H,6-7,10-11H2,1-2H3/t12-/m1/s1. The zero-order chi connectivity index (χ0) is 18.7. The average molecular weight is 465 g/mol. The summed E-state index contributed by atoms with van der Waals surface area (Å²) in [7, 11) is 0. The van der Waals surface area contributed by atoms with E-state index in [2.05, 4.69) is 10.3 Å². The summed E-state index contributed by atoms with van der Waals surface area (Å²) in [5.41, 5.74) is 1.95. The minimum atomic E-state index is -0.516. The number of benzene rings is 1. The van der Waals surface area contributed by atoms with E-state index in [1.54, 1.807) is 4.68 Å². The topological polar surface area (TPSA) is 74.1 Å². The summed E-state index contributed by atoms with van der Waals surface area (Å²) < 4.78 is 7.69. The summed E-state index contributed by atoms with van der Waals surface area (Å²) in [6.45, 7) is 3.47. The van der Waals surface area contributed by atoms with Crippen LogP contribution in [-0.2, 0) is 9.53 Å². The van der Waals surface area contributed by atoms with Gasteiger partial charge in [0.2, 0.25) is 0 Å². The van der Waals surface area contributed by atoms with Crippen LogP contribution in [0.1, 0.15) is 61.6 Å². The fourth-order valence-corrected chi connectivity index (χ4v) is 3.68. The van der Waals surface area contributed by atoms with Gasteiger partial charge < -0.3 is 4.74 Å². The van der Waals surface area contributed by atoms with Crippen molar-refractivity contribution in [3.63, 3.8) is 0 Å². The molecule has 1 atom stereocenters. The molecule has 0 fully saturated rings. The van der Waals surface area contributed by atoms with E-state index < -0.39 is 5.97 Å². The van der Waals surface area contributed by atoms with Crippen molar-refractivity contribution in [2.45, 2.75) is 45.6 Å². The van der Waals surface area contributed by atoms with Crippen molar-refractivity contribution in [3.05, 3.63) is 56.6 Å². The van der Waals surface area contributed by atoms with Crippen LogP contribution < -0.4 is 0 Å². The first-order chi connectivity index (χ1) is 12.5. The van der Waals surface area contributed by atoms with Crippen LogP contribution in [0.4, 0.5) is 0 Å². The molecular formula is C19H20IN3O3. The molecule has 3 rings (SSSR count). The number of carbonyl (C=O) groups is 2. The lowest BCUT2D eigenvalue weighted by Gasteiger charge is -2.19. The van der Waals surface area contributed by atoms with Gasteiger partial charge in [-0.05, 0) is 61.3 Å². The predicted molar refractivity (Wildman–Crippen MR) is 105 cm³/mol. The highest BCUT2D eigenvalue weighted by atomic mass is 127. The summed E-state index contributed by atoms with van der Waals surface area (Å²) in [5.74, 6) is -0.0611. The number of nitrogens with zero attached hydrogens (tertiary/aromatic N) is 3. The van der Waals surface area contributed by atoms with Crippen LogP contribution in [0, 0.1) is 3.70 Å². The third-order valence-electron chi connectivity index (χ3n) is 4.55. The quantitative estimate of drug-likeness (QED) is 0.492. The number of aromatic nitrogens is 3. The van der Waals surface area contributed by atoms with Crippen molar-refractivity contribution in [1.29, 1.82) is 0 Å². The average Bonchev–Trinajstić information content (AvgIpc) is 3.03. The predicted octanol–water partition coefficient (Wildman–Crippen LogP) is 4.07. The maximum atomic E-state index is 12.8. The second-order valence-electron chi connectivity index (χ2n) is 6.31. The van der Waals surface area contributed by atoms with Gasteiger partial charge >= 0.3 is 5.97 Å². The van der Waals surface area contributed by atoms with Gasteiger partial charge in [-0.3, -0.25) is 4.79 Å². The molecule has 1 aliphatic rings. The van der Waals surface area contributed by atoms with E-state index in [1.165, 1.54) is 6.92 Å². The third kappa shape index (κ3) is 3.87. The highest BCUT2D eigenvalue weighted by Crippen LogP contribution is 2.28. The lowest BCUT2D eigenvalue weighted by Crippen LogP contribution is -2.20.